The quantitative estimate of drug-likeness (QED) is 0.537. The van der Waals surface area contributed by atoms with Gasteiger partial charge in [-0.2, -0.15) is 0 Å². The first-order valence-electron chi connectivity index (χ1n) is 4.68. The molecule has 0 aromatic rings. The van der Waals surface area contributed by atoms with E-state index in [4.69, 9.17) is 10.5 Å². The van der Waals surface area contributed by atoms with Gasteiger partial charge in [0.05, 0.1) is 0 Å². The maximum absolute atomic E-state index is 5.62. The van der Waals surface area contributed by atoms with Crippen LogP contribution in [0.2, 0.25) is 0 Å². The normalized spacial score (nSPS) is 13.8. The Kier molecular flexibility index (Phi) is 5.47. The van der Waals surface area contributed by atoms with Crippen LogP contribution in [0.4, 0.5) is 0 Å². The molecule has 0 aromatic heterocycles. The predicted molar refractivity (Wildman–Crippen MR) is 57.4 cm³/mol. The summed E-state index contributed by atoms with van der Waals surface area (Å²) < 4.78 is 5.60. The fraction of sp³-hybridized carbons (Fsp3) is 0.636. The first-order chi connectivity index (χ1) is 5.99. The average Bonchev–Trinajstić information content (AvgIpc) is 2.03. The van der Waals surface area contributed by atoms with Crippen LogP contribution in [-0.4, -0.2) is 12.6 Å². The predicted octanol–water partition coefficient (Wildman–Crippen LogP) is 2.61. The first kappa shape index (κ1) is 12.2. The Morgan fingerprint density at radius 1 is 1.38 bits per heavy atom. The zero-order valence-corrected chi connectivity index (χ0v) is 9.35. The molecule has 0 radical (unpaired) electrons. The lowest BCUT2D eigenvalue weighted by Crippen LogP contribution is -2.22. The third-order valence-electron chi connectivity index (χ3n) is 1.74. The van der Waals surface area contributed by atoms with Crippen LogP contribution in [0.1, 0.15) is 34.6 Å². The van der Waals surface area contributed by atoms with Crippen LogP contribution in [0.3, 0.4) is 0 Å². The van der Waals surface area contributed by atoms with Crippen LogP contribution in [0.5, 0.6) is 0 Å². The fourth-order valence-electron chi connectivity index (χ4n) is 0.998. The van der Waals surface area contributed by atoms with E-state index < -0.39 is 0 Å². The van der Waals surface area contributed by atoms with Gasteiger partial charge in [0.25, 0.3) is 0 Å². The smallest absolute Gasteiger partial charge is 0.120 e. The topological polar surface area (TPSA) is 35.2 Å². The summed E-state index contributed by atoms with van der Waals surface area (Å²) in [5.74, 6) is 0.972. The summed E-state index contributed by atoms with van der Waals surface area (Å²) in [6.07, 6.45) is 2.05. The molecule has 0 rings (SSSR count). The molecule has 0 amide bonds. The molecule has 13 heavy (non-hydrogen) atoms. The van der Waals surface area contributed by atoms with Gasteiger partial charge in [0.1, 0.15) is 12.4 Å². The number of ether oxygens (including phenoxy) is 1. The molecule has 0 saturated carbocycles. The molecule has 0 bridgehead atoms. The van der Waals surface area contributed by atoms with Gasteiger partial charge in [-0.05, 0) is 45.8 Å². The van der Waals surface area contributed by atoms with Gasteiger partial charge in [0.2, 0.25) is 0 Å². The van der Waals surface area contributed by atoms with Crippen LogP contribution < -0.4 is 5.73 Å². The van der Waals surface area contributed by atoms with E-state index in [1.807, 2.05) is 40.7 Å². The van der Waals surface area contributed by atoms with E-state index in [0.29, 0.717) is 6.61 Å². The van der Waals surface area contributed by atoms with Crippen molar-refractivity contribution >= 4 is 0 Å². The summed E-state index contributed by atoms with van der Waals surface area (Å²) in [6, 6.07) is 0.0824. The molecule has 0 saturated heterocycles. The van der Waals surface area contributed by atoms with Crippen molar-refractivity contribution in [2.45, 2.75) is 40.7 Å². The van der Waals surface area contributed by atoms with Crippen molar-refractivity contribution in [3.8, 4) is 0 Å². The minimum Gasteiger partial charge on any atom is -0.492 e. The van der Waals surface area contributed by atoms with Crippen LogP contribution in [0.25, 0.3) is 0 Å². The SMILES string of the molecule is CC=C(C)C(OCC(C)N)=C(C)C. The fourth-order valence-corrected chi connectivity index (χ4v) is 0.998. The second-order valence-electron chi connectivity index (χ2n) is 3.59. The molecule has 2 N–H and O–H groups in total. The molecule has 0 spiro atoms. The van der Waals surface area contributed by atoms with Crippen molar-refractivity contribution in [2.75, 3.05) is 6.61 Å². The molecule has 0 aliphatic heterocycles. The Labute approximate surface area is 81.5 Å². The Morgan fingerprint density at radius 3 is 2.23 bits per heavy atom. The summed E-state index contributed by atoms with van der Waals surface area (Å²) in [4.78, 5) is 0. The Hall–Kier alpha value is -0.760. The van der Waals surface area contributed by atoms with Crippen molar-refractivity contribution in [3.05, 3.63) is 23.0 Å². The largest absolute Gasteiger partial charge is 0.492 e. The Morgan fingerprint density at radius 2 is 1.92 bits per heavy atom. The standard InChI is InChI=1S/C11H21NO/c1-6-9(4)11(8(2)3)13-7-10(5)12/h6,10H,7,12H2,1-5H3. The van der Waals surface area contributed by atoms with E-state index in [-0.39, 0.29) is 6.04 Å². The van der Waals surface area contributed by atoms with E-state index in [1.54, 1.807) is 0 Å². The molecule has 1 unspecified atom stereocenters. The van der Waals surface area contributed by atoms with Crippen molar-refractivity contribution in [3.63, 3.8) is 0 Å². The van der Waals surface area contributed by atoms with Gasteiger partial charge in [-0.15, -0.1) is 0 Å². The van der Waals surface area contributed by atoms with E-state index in [2.05, 4.69) is 0 Å². The number of hydrogen-bond donors (Lipinski definition) is 1. The van der Waals surface area contributed by atoms with Gasteiger partial charge in [-0.25, -0.2) is 0 Å². The molecule has 2 heteroatoms. The second kappa shape index (κ2) is 5.81. The Bertz CT molecular complexity index is 210. The Balaban J connectivity index is 4.40. The van der Waals surface area contributed by atoms with Crippen molar-refractivity contribution in [1.82, 2.24) is 0 Å². The number of hydrogen-bond acceptors (Lipinski definition) is 2. The lowest BCUT2D eigenvalue weighted by atomic mass is 10.1. The van der Waals surface area contributed by atoms with Crippen molar-refractivity contribution in [1.29, 1.82) is 0 Å². The van der Waals surface area contributed by atoms with Gasteiger partial charge in [-0.1, -0.05) is 6.08 Å². The minimum atomic E-state index is 0.0824. The lowest BCUT2D eigenvalue weighted by molar-refractivity contribution is 0.202. The average molecular weight is 183 g/mol. The zero-order valence-electron chi connectivity index (χ0n) is 9.35. The van der Waals surface area contributed by atoms with E-state index in [1.165, 1.54) is 11.1 Å². The highest BCUT2D eigenvalue weighted by Gasteiger charge is 2.04. The highest BCUT2D eigenvalue weighted by molar-refractivity contribution is 5.26. The first-order valence-corrected chi connectivity index (χ1v) is 4.68. The summed E-state index contributed by atoms with van der Waals surface area (Å²) in [5.41, 5.74) is 7.97. The molecule has 0 aromatic carbocycles. The number of allylic oxidation sites excluding steroid dienone is 3. The summed E-state index contributed by atoms with van der Waals surface area (Å²) >= 11 is 0. The van der Waals surface area contributed by atoms with Crippen molar-refractivity contribution in [2.24, 2.45) is 5.73 Å². The summed E-state index contributed by atoms with van der Waals surface area (Å²) in [5, 5.41) is 0. The monoisotopic (exact) mass is 183 g/mol. The van der Waals surface area contributed by atoms with Gasteiger partial charge in [0.15, 0.2) is 0 Å². The third-order valence-corrected chi connectivity index (χ3v) is 1.74. The molecule has 2 nitrogen and oxygen atoms in total. The van der Waals surface area contributed by atoms with Gasteiger partial charge in [0, 0.05) is 6.04 Å². The van der Waals surface area contributed by atoms with Crippen molar-refractivity contribution < 1.29 is 4.74 Å². The van der Waals surface area contributed by atoms with Gasteiger partial charge in [-0.3, -0.25) is 0 Å². The molecular weight excluding hydrogens is 162 g/mol. The van der Waals surface area contributed by atoms with Crippen LogP contribution in [0, 0.1) is 0 Å². The van der Waals surface area contributed by atoms with Crippen LogP contribution in [-0.2, 0) is 4.74 Å². The highest BCUT2D eigenvalue weighted by Crippen LogP contribution is 2.15. The summed E-state index contributed by atoms with van der Waals surface area (Å²) in [7, 11) is 0. The lowest BCUT2D eigenvalue weighted by Gasteiger charge is -2.14. The maximum atomic E-state index is 5.62. The number of rotatable bonds is 4. The van der Waals surface area contributed by atoms with Gasteiger partial charge < -0.3 is 10.5 Å². The molecular formula is C11H21NO. The minimum absolute atomic E-state index is 0.0824. The van der Waals surface area contributed by atoms with E-state index in [9.17, 15) is 0 Å². The maximum Gasteiger partial charge on any atom is 0.120 e. The molecule has 0 aliphatic carbocycles. The highest BCUT2D eigenvalue weighted by atomic mass is 16.5. The molecule has 1 atom stereocenters. The third kappa shape index (κ3) is 4.73. The van der Waals surface area contributed by atoms with Gasteiger partial charge >= 0.3 is 0 Å². The molecule has 0 heterocycles. The van der Waals surface area contributed by atoms with E-state index >= 15 is 0 Å². The molecule has 0 fully saturated rings. The van der Waals surface area contributed by atoms with E-state index in [0.717, 1.165) is 5.76 Å². The van der Waals surface area contributed by atoms with Crippen LogP contribution >= 0.6 is 0 Å². The number of nitrogens with two attached hydrogens (primary N) is 1. The molecule has 76 valence electrons. The second-order valence-corrected chi connectivity index (χ2v) is 3.59. The summed E-state index contributed by atoms with van der Waals surface area (Å²) in [6.45, 7) is 10.7. The molecule has 0 aliphatic rings. The zero-order chi connectivity index (χ0) is 10.4. The van der Waals surface area contributed by atoms with Crippen LogP contribution in [0.15, 0.2) is 23.0 Å².